The van der Waals surface area contributed by atoms with Crippen molar-refractivity contribution in [2.45, 2.75) is 12.8 Å². The zero-order valence-corrected chi connectivity index (χ0v) is 11.3. The van der Waals surface area contributed by atoms with Crippen LogP contribution in [-0.2, 0) is 9.59 Å². The van der Waals surface area contributed by atoms with Crippen molar-refractivity contribution in [3.05, 3.63) is 52.8 Å². The van der Waals surface area contributed by atoms with Gasteiger partial charge in [0, 0.05) is 17.7 Å². The van der Waals surface area contributed by atoms with Crippen molar-refractivity contribution in [1.29, 1.82) is 0 Å². The van der Waals surface area contributed by atoms with Gasteiger partial charge in [-0.05, 0) is 18.6 Å². The first-order valence-corrected chi connectivity index (χ1v) is 6.21. The van der Waals surface area contributed by atoms with Gasteiger partial charge in [-0.25, -0.2) is 9.78 Å². The van der Waals surface area contributed by atoms with E-state index in [1.54, 1.807) is 6.07 Å². The van der Waals surface area contributed by atoms with E-state index in [-0.39, 0.29) is 10.7 Å². The molecule has 2 N–H and O–H groups in total. The van der Waals surface area contributed by atoms with Gasteiger partial charge in [0.15, 0.2) is 0 Å². The van der Waals surface area contributed by atoms with Gasteiger partial charge in [0.25, 0.3) is 0 Å². The Labute approximate surface area is 120 Å². The summed E-state index contributed by atoms with van der Waals surface area (Å²) < 4.78 is 0. The number of aromatic nitrogens is 1. The maximum atomic E-state index is 11.6. The SMILES string of the molecule is CC1(C(=O)O)C=CC=C(C(=O)O)C1c1ccc(Cl)nc1. The number of halogens is 1. The lowest BCUT2D eigenvalue weighted by molar-refractivity contribution is -0.146. The standard InChI is InChI=1S/C14H12ClNO4/c1-14(13(19)20)6-2-3-9(12(17)18)11(14)8-4-5-10(15)16-7-8/h2-7,11H,1H3,(H,17,18)(H,19,20). The molecular formula is C14H12ClNO4. The van der Waals surface area contributed by atoms with E-state index in [1.807, 2.05) is 0 Å². The fourth-order valence-electron chi connectivity index (χ4n) is 2.34. The van der Waals surface area contributed by atoms with Crippen LogP contribution in [0.5, 0.6) is 0 Å². The molecule has 1 aliphatic carbocycles. The highest BCUT2D eigenvalue weighted by atomic mass is 35.5. The van der Waals surface area contributed by atoms with Crippen LogP contribution in [0.15, 0.2) is 42.1 Å². The van der Waals surface area contributed by atoms with Crippen molar-refractivity contribution in [2.24, 2.45) is 5.41 Å². The molecule has 0 amide bonds. The minimum Gasteiger partial charge on any atom is -0.481 e. The quantitative estimate of drug-likeness (QED) is 0.836. The largest absolute Gasteiger partial charge is 0.481 e. The van der Waals surface area contributed by atoms with Crippen molar-refractivity contribution in [1.82, 2.24) is 4.98 Å². The fraction of sp³-hybridized carbons (Fsp3) is 0.214. The maximum absolute atomic E-state index is 11.6. The average Bonchev–Trinajstić information content (AvgIpc) is 2.39. The maximum Gasteiger partial charge on any atom is 0.332 e. The molecule has 20 heavy (non-hydrogen) atoms. The zero-order chi connectivity index (χ0) is 14.9. The second-order valence-corrected chi connectivity index (χ2v) is 5.11. The highest BCUT2D eigenvalue weighted by molar-refractivity contribution is 6.29. The number of carboxylic acids is 2. The molecule has 0 aromatic carbocycles. The molecule has 1 aromatic heterocycles. The third-order valence-corrected chi connectivity index (χ3v) is 3.64. The molecule has 0 saturated carbocycles. The normalized spacial score (nSPS) is 25.1. The first-order valence-electron chi connectivity index (χ1n) is 5.84. The third kappa shape index (κ3) is 2.32. The van der Waals surface area contributed by atoms with Gasteiger partial charge < -0.3 is 10.2 Å². The molecule has 0 bridgehead atoms. The van der Waals surface area contributed by atoms with Crippen LogP contribution < -0.4 is 0 Å². The summed E-state index contributed by atoms with van der Waals surface area (Å²) in [6, 6.07) is 3.11. The number of nitrogens with zero attached hydrogens (tertiary/aromatic N) is 1. The summed E-state index contributed by atoms with van der Waals surface area (Å²) in [6.07, 6.45) is 5.76. The summed E-state index contributed by atoms with van der Waals surface area (Å²) in [5, 5.41) is 19.0. The first kappa shape index (κ1) is 14.3. The second kappa shape index (κ2) is 5.09. The predicted octanol–water partition coefficient (Wildman–Crippen LogP) is 2.49. The van der Waals surface area contributed by atoms with Crippen LogP contribution in [0.4, 0.5) is 0 Å². The van der Waals surface area contributed by atoms with E-state index in [2.05, 4.69) is 4.98 Å². The Hall–Kier alpha value is -2.14. The van der Waals surface area contributed by atoms with Gasteiger partial charge in [-0.3, -0.25) is 4.79 Å². The van der Waals surface area contributed by atoms with E-state index in [0.29, 0.717) is 5.56 Å². The van der Waals surface area contributed by atoms with Crippen LogP contribution in [0.3, 0.4) is 0 Å². The molecule has 0 aliphatic heterocycles. The highest BCUT2D eigenvalue weighted by Crippen LogP contribution is 2.45. The van der Waals surface area contributed by atoms with E-state index >= 15 is 0 Å². The Balaban J connectivity index is 2.60. The topological polar surface area (TPSA) is 87.5 Å². The summed E-state index contributed by atoms with van der Waals surface area (Å²) in [5.41, 5.74) is -0.836. The number of hydrogen-bond donors (Lipinski definition) is 2. The van der Waals surface area contributed by atoms with E-state index in [4.69, 9.17) is 11.6 Å². The molecule has 1 aromatic rings. The van der Waals surface area contributed by atoms with Crippen molar-refractivity contribution < 1.29 is 19.8 Å². The molecule has 2 rings (SSSR count). The molecule has 2 atom stereocenters. The molecule has 2 unspecified atom stereocenters. The lowest BCUT2D eigenvalue weighted by Crippen LogP contribution is -2.36. The Kier molecular flexibility index (Phi) is 3.63. The van der Waals surface area contributed by atoms with Crippen molar-refractivity contribution in [3.8, 4) is 0 Å². The summed E-state index contributed by atoms with van der Waals surface area (Å²) in [6.45, 7) is 1.49. The molecule has 6 heteroatoms. The van der Waals surface area contributed by atoms with E-state index in [0.717, 1.165) is 0 Å². The Morgan fingerprint density at radius 1 is 1.35 bits per heavy atom. The number of pyridine rings is 1. The van der Waals surface area contributed by atoms with E-state index < -0.39 is 23.3 Å². The van der Waals surface area contributed by atoms with Crippen LogP contribution in [-0.4, -0.2) is 27.1 Å². The summed E-state index contributed by atoms with van der Waals surface area (Å²) in [7, 11) is 0. The Bertz CT molecular complexity index is 621. The molecule has 0 saturated heterocycles. The van der Waals surface area contributed by atoms with Gasteiger partial charge in [0.1, 0.15) is 5.15 Å². The van der Waals surface area contributed by atoms with Gasteiger partial charge in [-0.15, -0.1) is 0 Å². The minimum absolute atomic E-state index is 0.0153. The lowest BCUT2D eigenvalue weighted by atomic mass is 9.67. The van der Waals surface area contributed by atoms with Crippen LogP contribution >= 0.6 is 11.6 Å². The Morgan fingerprint density at radius 3 is 2.55 bits per heavy atom. The molecule has 1 heterocycles. The van der Waals surface area contributed by atoms with Crippen LogP contribution in [0.25, 0.3) is 0 Å². The monoisotopic (exact) mass is 293 g/mol. The molecule has 0 radical (unpaired) electrons. The number of carbonyl (C=O) groups is 2. The van der Waals surface area contributed by atoms with Gasteiger partial charge in [-0.2, -0.15) is 0 Å². The number of carboxylic acid groups (broad SMARTS) is 2. The highest BCUT2D eigenvalue weighted by Gasteiger charge is 2.45. The molecule has 104 valence electrons. The molecule has 0 fully saturated rings. The number of rotatable bonds is 3. The number of allylic oxidation sites excluding steroid dienone is 2. The Morgan fingerprint density at radius 2 is 2.05 bits per heavy atom. The number of hydrogen-bond acceptors (Lipinski definition) is 3. The first-order chi connectivity index (χ1) is 9.36. The minimum atomic E-state index is -1.35. The van der Waals surface area contributed by atoms with Crippen LogP contribution in [0, 0.1) is 5.41 Å². The van der Waals surface area contributed by atoms with Crippen molar-refractivity contribution >= 4 is 23.5 Å². The predicted molar refractivity (Wildman–Crippen MR) is 72.6 cm³/mol. The van der Waals surface area contributed by atoms with E-state index in [1.165, 1.54) is 37.4 Å². The fourth-order valence-corrected chi connectivity index (χ4v) is 2.45. The average molecular weight is 294 g/mol. The summed E-state index contributed by atoms with van der Waals surface area (Å²) >= 11 is 5.71. The van der Waals surface area contributed by atoms with Gasteiger partial charge in [0.05, 0.1) is 5.41 Å². The van der Waals surface area contributed by atoms with E-state index in [9.17, 15) is 19.8 Å². The lowest BCUT2D eigenvalue weighted by Gasteiger charge is -2.34. The molecule has 1 aliphatic rings. The van der Waals surface area contributed by atoms with Crippen LogP contribution in [0.1, 0.15) is 18.4 Å². The smallest absolute Gasteiger partial charge is 0.332 e. The molecule has 0 spiro atoms. The van der Waals surface area contributed by atoms with Gasteiger partial charge in [0.2, 0.25) is 0 Å². The van der Waals surface area contributed by atoms with Crippen molar-refractivity contribution in [2.75, 3.05) is 0 Å². The summed E-state index contributed by atoms with van der Waals surface area (Å²) in [4.78, 5) is 26.9. The molecule has 5 nitrogen and oxygen atoms in total. The van der Waals surface area contributed by atoms with Gasteiger partial charge in [-0.1, -0.05) is 35.9 Å². The van der Waals surface area contributed by atoms with Gasteiger partial charge >= 0.3 is 11.9 Å². The summed E-state index contributed by atoms with van der Waals surface area (Å²) in [5.74, 6) is -3.07. The van der Waals surface area contributed by atoms with Crippen LogP contribution in [0.2, 0.25) is 5.15 Å². The second-order valence-electron chi connectivity index (χ2n) is 4.72. The zero-order valence-electron chi connectivity index (χ0n) is 10.6. The molecular weight excluding hydrogens is 282 g/mol. The number of aliphatic carboxylic acids is 2. The third-order valence-electron chi connectivity index (χ3n) is 3.42. The van der Waals surface area contributed by atoms with Crippen molar-refractivity contribution in [3.63, 3.8) is 0 Å².